The van der Waals surface area contributed by atoms with Gasteiger partial charge in [-0.1, -0.05) is 36.4 Å². The van der Waals surface area contributed by atoms with E-state index >= 15 is 0 Å². The maximum Gasteiger partial charge on any atom is 0.194 e. The van der Waals surface area contributed by atoms with E-state index in [1.165, 1.54) is 5.56 Å². The van der Waals surface area contributed by atoms with Gasteiger partial charge in [-0.2, -0.15) is 0 Å². The van der Waals surface area contributed by atoms with Crippen LogP contribution in [0.4, 0.5) is 0 Å². The molecule has 0 unspecified atom stereocenters. The fourth-order valence-corrected chi connectivity index (χ4v) is 3.27. The van der Waals surface area contributed by atoms with E-state index in [-0.39, 0.29) is 12.4 Å². The van der Waals surface area contributed by atoms with Crippen molar-refractivity contribution in [3.63, 3.8) is 0 Å². The lowest BCUT2D eigenvalue weighted by molar-refractivity contribution is 0.104. The number of aliphatic hydroxyl groups excluding tert-OH is 1. The molecule has 2 nitrogen and oxygen atoms in total. The highest BCUT2D eigenvalue weighted by Gasteiger charge is 2.14. The van der Waals surface area contributed by atoms with Crippen LogP contribution in [0.3, 0.4) is 0 Å². The van der Waals surface area contributed by atoms with Crippen LogP contribution in [0.1, 0.15) is 27.0 Å². The van der Waals surface area contributed by atoms with Gasteiger partial charge in [0.05, 0.1) is 6.61 Å². The molecule has 2 aromatic carbocycles. The number of hydrogen-bond donors (Lipinski definition) is 1. The van der Waals surface area contributed by atoms with Gasteiger partial charge in [-0.3, -0.25) is 4.79 Å². The van der Waals surface area contributed by atoms with Gasteiger partial charge in [-0.05, 0) is 24.1 Å². The van der Waals surface area contributed by atoms with Crippen LogP contribution in [0, 0.1) is 6.92 Å². The van der Waals surface area contributed by atoms with E-state index in [0.717, 1.165) is 21.2 Å². The van der Waals surface area contributed by atoms with Crippen LogP contribution in [-0.2, 0) is 6.61 Å². The minimum atomic E-state index is -0.00483. The lowest BCUT2D eigenvalue weighted by atomic mass is 10.0. The van der Waals surface area contributed by atoms with Gasteiger partial charge in [-0.25, -0.2) is 0 Å². The SMILES string of the molecule is Cc1ccc2c(C(=O)c3ccc(CO)cc3)csc2c1. The Labute approximate surface area is 121 Å². The van der Waals surface area contributed by atoms with Crippen molar-refractivity contribution >= 4 is 27.2 Å². The third-order valence-electron chi connectivity index (χ3n) is 3.37. The highest BCUT2D eigenvalue weighted by molar-refractivity contribution is 7.17. The molecule has 0 aliphatic rings. The normalized spacial score (nSPS) is 10.9. The van der Waals surface area contributed by atoms with Crippen molar-refractivity contribution in [2.45, 2.75) is 13.5 Å². The molecule has 20 heavy (non-hydrogen) atoms. The van der Waals surface area contributed by atoms with Crippen LogP contribution >= 0.6 is 11.3 Å². The Morgan fingerprint density at radius 3 is 2.60 bits per heavy atom. The summed E-state index contributed by atoms with van der Waals surface area (Å²) >= 11 is 1.60. The van der Waals surface area contributed by atoms with Crippen LogP contribution in [0.15, 0.2) is 47.8 Å². The molecule has 0 radical (unpaired) electrons. The Kier molecular flexibility index (Phi) is 3.38. The Hall–Kier alpha value is -1.97. The van der Waals surface area contributed by atoms with Crippen molar-refractivity contribution < 1.29 is 9.90 Å². The van der Waals surface area contributed by atoms with E-state index in [2.05, 4.69) is 6.07 Å². The van der Waals surface area contributed by atoms with Gasteiger partial charge in [0.2, 0.25) is 0 Å². The topological polar surface area (TPSA) is 37.3 Å². The summed E-state index contributed by atoms with van der Waals surface area (Å²) in [5.41, 5.74) is 3.42. The van der Waals surface area contributed by atoms with Gasteiger partial charge in [0.15, 0.2) is 5.78 Å². The number of aryl methyl sites for hydroxylation is 1. The van der Waals surface area contributed by atoms with E-state index in [1.54, 1.807) is 35.6 Å². The van der Waals surface area contributed by atoms with E-state index in [0.29, 0.717) is 5.56 Å². The molecule has 1 heterocycles. The molecule has 0 aliphatic heterocycles. The molecular formula is C17H14O2S. The van der Waals surface area contributed by atoms with E-state index in [1.807, 2.05) is 24.4 Å². The van der Waals surface area contributed by atoms with E-state index < -0.39 is 0 Å². The zero-order valence-electron chi connectivity index (χ0n) is 11.1. The Morgan fingerprint density at radius 2 is 1.90 bits per heavy atom. The summed E-state index contributed by atoms with van der Waals surface area (Å²) in [5, 5.41) is 12.0. The van der Waals surface area contributed by atoms with Gasteiger partial charge in [0, 0.05) is 26.6 Å². The number of aliphatic hydroxyl groups is 1. The first-order valence-electron chi connectivity index (χ1n) is 6.41. The van der Waals surface area contributed by atoms with Crippen molar-refractivity contribution in [2.75, 3.05) is 0 Å². The van der Waals surface area contributed by atoms with Crippen LogP contribution in [0.5, 0.6) is 0 Å². The largest absolute Gasteiger partial charge is 0.392 e. The fraction of sp³-hybridized carbons (Fsp3) is 0.118. The summed E-state index contributed by atoms with van der Waals surface area (Å²) < 4.78 is 1.14. The molecule has 1 N–H and O–H groups in total. The summed E-state index contributed by atoms with van der Waals surface area (Å²) in [4.78, 5) is 12.6. The zero-order valence-corrected chi connectivity index (χ0v) is 11.9. The Bertz CT molecular complexity index is 769. The standard InChI is InChI=1S/C17H14O2S/c1-11-2-7-14-15(10-20-16(14)8-11)17(19)13-5-3-12(9-18)4-6-13/h2-8,10,18H,9H2,1H3. The molecular weight excluding hydrogens is 268 g/mol. The second kappa shape index (κ2) is 5.19. The van der Waals surface area contributed by atoms with Crippen LogP contribution in [0.2, 0.25) is 0 Å². The fourth-order valence-electron chi connectivity index (χ4n) is 2.23. The minimum Gasteiger partial charge on any atom is -0.392 e. The molecule has 3 rings (SSSR count). The number of carbonyl (C=O) groups is 1. The summed E-state index contributed by atoms with van der Waals surface area (Å²) in [6.45, 7) is 2.05. The van der Waals surface area contributed by atoms with Crippen molar-refractivity contribution in [2.24, 2.45) is 0 Å². The number of benzene rings is 2. The first-order chi connectivity index (χ1) is 9.69. The van der Waals surface area contributed by atoms with Crippen LogP contribution < -0.4 is 0 Å². The quantitative estimate of drug-likeness (QED) is 0.739. The number of fused-ring (bicyclic) bond motifs is 1. The third-order valence-corrected chi connectivity index (χ3v) is 4.32. The summed E-state index contributed by atoms with van der Waals surface area (Å²) in [6.07, 6.45) is 0. The molecule has 0 spiro atoms. The molecule has 0 saturated heterocycles. The third kappa shape index (κ3) is 2.26. The molecule has 100 valence electrons. The minimum absolute atomic E-state index is 0.00483. The molecule has 0 aliphatic carbocycles. The lowest BCUT2D eigenvalue weighted by Crippen LogP contribution is -2.00. The molecule has 3 aromatic rings. The number of hydrogen-bond acceptors (Lipinski definition) is 3. The lowest BCUT2D eigenvalue weighted by Gasteiger charge is -2.02. The molecule has 0 atom stereocenters. The van der Waals surface area contributed by atoms with Gasteiger partial charge in [-0.15, -0.1) is 11.3 Å². The number of rotatable bonds is 3. The molecule has 1 aromatic heterocycles. The van der Waals surface area contributed by atoms with Crippen molar-refractivity contribution in [3.05, 3.63) is 70.1 Å². The number of thiophene rings is 1. The maximum atomic E-state index is 12.6. The van der Waals surface area contributed by atoms with Crippen molar-refractivity contribution in [1.29, 1.82) is 0 Å². The average Bonchev–Trinajstić information content (AvgIpc) is 2.89. The second-order valence-electron chi connectivity index (χ2n) is 4.83. The molecule has 3 heteroatoms. The predicted molar refractivity (Wildman–Crippen MR) is 82.4 cm³/mol. The zero-order chi connectivity index (χ0) is 14.1. The summed E-state index contributed by atoms with van der Waals surface area (Å²) in [7, 11) is 0. The van der Waals surface area contributed by atoms with Crippen LogP contribution in [-0.4, -0.2) is 10.9 Å². The molecule has 0 fully saturated rings. The van der Waals surface area contributed by atoms with E-state index in [4.69, 9.17) is 5.11 Å². The first-order valence-corrected chi connectivity index (χ1v) is 7.29. The number of ketones is 1. The predicted octanol–water partition coefficient (Wildman–Crippen LogP) is 3.93. The Balaban J connectivity index is 2.03. The second-order valence-corrected chi connectivity index (χ2v) is 5.74. The molecule has 0 saturated carbocycles. The first kappa shape index (κ1) is 13.0. The summed E-state index contributed by atoms with van der Waals surface area (Å²) in [5.74, 6) is 0.0320. The Morgan fingerprint density at radius 1 is 1.15 bits per heavy atom. The highest BCUT2D eigenvalue weighted by Crippen LogP contribution is 2.28. The van der Waals surface area contributed by atoms with Gasteiger partial charge in [0.1, 0.15) is 0 Å². The smallest absolute Gasteiger partial charge is 0.194 e. The van der Waals surface area contributed by atoms with Gasteiger partial charge < -0.3 is 5.11 Å². The van der Waals surface area contributed by atoms with Gasteiger partial charge >= 0.3 is 0 Å². The average molecular weight is 282 g/mol. The summed E-state index contributed by atoms with van der Waals surface area (Å²) in [6, 6.07) is 13.2. The highest BCUT2D eigenvalue weighted by atomic mass is 32.1. The number of carbonyl (C=O) groups excluding carboxylic acids is 1. The molecule has 0 amide bonds. The van der Waals surface area contributed by atoms with E-state index in [9.17, 15) is 4.79 Å². The van der Waals surface area contributed by atoms with Crippen molar-refractivity contribution in [1.82, 2.24) is 0 Å². The maximum absolute atomic E-state index is 12.6. The van der Waals surface area contributed by atoms with Gasteiger partial charge in [0.25, 0.3) is 0 Å². The monoisotopic (exact) mass is 282 g/mol. The van der Waals surface area contributed by atoms with Crippen molar-refractivity contribution in [3.8, 4) is 0 Å². The molecule has 0 bridgehead atoms. The van der Waals surface area contributed by atoms with Crippen LogP contribution in [0.25, 0.3) is 10.1 Å².